The smallest absolute Gasteiger partial charge is 0.268 e. The topological polar surface area (TPSA) is 54.3 Å². The Labute approximate surface area is 124 Å². The number of rotatable bonds is 3. The lowest BCUT2D eigenvalue weighted by Gasteiger charge is -2.27. The van der Waals surface area contributed by atoms with Crippen molar-refractivity contribution in [1.29, 1.82) is 0 Å². The maximum atomic E-state index is 12.5. The molecule has 1 saturated carbocycles. The Morgan fingerprint density at radius 3 is 2.67 bits per heavy atom. The van der Waals surface area contributed by atoms with Gasteiger partial charge in [0, 0.05) is 30.6 Å². The highest BCUT2D eigenvalue weighted by atomic mass is 16.3. The standard InChI is InChI=1S/C17H22N2O2/c1-19-15-5-3-2-4-13(15)10-16(19)17(21)18-14-8-6-12(11-20)7-9-14/h2-5,10,12,14,20H,6-9,11H2,1H3,(H,18,21). The minimum absolute atomic E-state index is 0.00106. The second kappa shape index (κ2) is 5.90. The zero-order valence-corrected chi connectivity index (χ0v) is 12.4. The van der Waals surface area contributed by atoms with Crippen molar-refractivity contribution in [3.05, 3.63) is 36.0 Å². The Balaban J connectivity index is 1.71. The molecule has 1 heterocycles. The van der Waals surface area contributed by atoms with Crippen LogP contribution in [0.15, 0.2) is 30.3 Å². The van der Waals surface area contributed by atoms with Gasteiger partial charge in [-0.15, -0.1) is 0 Å². The molecule has 1 aromatic carbocycles. The monoisotopic (exact) mass is 286 g/mol. The van der Waals surface area contributed by atoms with Crippen molar-refractivity contribution in [2.45, 2.75) is 31.7 Å². The third-order valence-electron chi connectivity index (χ3n) is 4.62. The number of fused-ring (bicyclic) bond motifs is 1. The highest BCUT2D eigenvalue weighted by Gasteiger charge is 2.23. The molecule has 1 aromatic heterocycles. The molecule has 0 saturated heterocycles. The van der Waals surface area contributed by atoms with E-state index in [-0.39, 0.29) is 18.6 Å². The van der Waals surface area contributed by atoms with Crippen LogP contribution in [0.5, 0.6) is 0 Å². The van der Waals surface area contributed by atoms with Gasteiger partial charge in [-0.05, 0) is 43.7 Å². The predicted octanol–water partition coefficient (Wildman–Crippen LogP) is 2.46. The summed E-state index contributed by atoms with van der Waals surface area (Å²) in [6, 6.07) is 10.2. The summed E-state index contributed by atoms with van der Waals surface area (Å²) in [5, 5.41) is 13.4. The molecule has 4 heteroatoms. The van der Waals surface area contributed by atoms with E-state index in [0.717, 1.165) is 36.6 Å². The number of aromatic nitrogens is 1. The molecule has 21 heavy (non-hydrogen) atoms. The van der Waals surface area contributed by atoms with Gasteiger partial charge in [0.25, 0.3) is 5.91 Å². The number of carbonyl (C=O) groups is 1. The van der Waals surface area contributed by atoms with Gasteiger partial charge in [0.05, 0.1) is 0 Å². The average molecular weight is 286 g/mol. The maximum absolute atomic E-state index is 12.5. The van der Waals surface area contributed by atoms with E-state index >= 15 is 0 Å². The first-order chi connectivity index (χ1) is 10.2. The number of hydrogen-bond acceptors (Lipinski definition) is 2. The number of hydrogen-bond donors (Lipinski definition) is 2. The van der Waals surface area contributed by atoms with Gasteiger partial charge in [-0.2, -0.15) is 0 Å². The number of benzene rings is 1. The van der Waals surface area contributed by atoms with Crippen LogP contribution >= 0.6 is 0 Å². The number of aliphatic hydroxyl groups excluding tert-OH is 1. The van der Waals surface area contributed by atoms with E-state index in [1.165, 1.54) is 0 Å². The van der Waals surface area contributed by atoms with Crippen LogP contribution in [0.3, 0.4) is 0 Å². The second-order valence-corrected chi connectivity index (χ2v) is 6.02. The van der Waals surface area contributed by atoms with Gasteiger partial charge in [-0.3, -0.25) is 4.79 Å². The van der Waals surface area contributed by atoms with Crippen molar-refractivity contribution in [1.82, 2.24) is 9.88 Å². The predicted molar refractivity (Wildman–Crippen MR) is 83.2 cm³/mol. The summed E-state index contributed by atoms with van der Waals surface area (Å²) >= 11 is 0. The van der Waals surface area contributed by atoms with Gasteiger partial charge in [-0.25, -0.2) is 0 Å². The normalized spacial score (nSPS) is 22.4. The first-order valence-corrected chi connectivity index (χ1v) is 7.65. The van der Waals surface area contributed by atoms with Crippen molar-refractivity contribution in [3.8, 4) is 0 Å². The first-order valence-electron chi connectivity index (χ1n) is 7.65. The highest BCUT2D eigenvalue weighted by molar-refractivity contribution is 5.98. The van der Waals surface area contributed by atoms with Crippen LogP contribution in [-0.4, -0.2) is 28.2 Å². The van der Waals surface area contributed by atoms with Crippen LogP contribution in [0, 0.1) is 5.92 Å². The number of aliphatic hydroxyl groups is 1. The van der Waals surface area contributed by atoms with E-state index in [1.807, 2.05) is 41.9 Å². The molecule has 112 valence electrons. The summed E-state index contributed by atoms with van der Waals surface area (Å²) < 4.78 is 1.95. The fourth-order valence-corrected chi connectivity index (χ4v) is 3.26. The molecule has 0 aliphatic heterocycles. The fourth-order valence-electron chi connectivity index (χ4n) is 3.26. The molecular weight excluding hydrogens is 264 g/mol. The number of amides is 1. The molecule has 0 unspecified atom stereocenters. The molecule has 0 bridgehead atoms. The first kappa shape index (κ1) is 14.1. The maximum Gasteiger partial charge on any atom is 0.268 e. The molecule has 2 aromatic rings. The fraction of sp³-hybridized carbons (Fsp3) is 0.471. The van der Waals surface area contributed by atoms with E-state index in [9.17, 15) is 4.79 Å². The summed E-state index contributed by atoms with van der Waals surface area (Å²) in [4.78, 5) is 12.5. The van der Waals surface area contributed by atoms with E-state index in [0.29, 0.717) is 11.6 Å². The largest absolute Gasteiger partial charge is 0.396 e. The molecule has 2 N–H and O–H groups in total. The number of nitrogens with zero attached hydrogens (tertiary/aromatic N) is 1. The van der Waals surface area contributed by atoms with Crippen LogP contribution in [0.2, 0.25) is 0 Å². The summed E-state index contributed by atoms with van der Waals surface area (Å²) in [7, 11) is 1.93. The third-order valence-corrected chi connectivity index (χ3v) is 4.62. The molecule has 1 aliphatic carbocycles. The Hall–Kier alpha value is -1.81. The minimum atomic E-state index is 0.00106. The number of nitrogens with one attached hydrogen (secondary N) is 1. The van der Waals surface area contributed by atoms with Crippen molar-refractivity contribution >= 4 is 16.8 Å². The van der Waals surface area contributed by atoms with Crippen molar-refractivity contribution < 1.29 is 9.90 Å². The van der Waals surface area contributed by atoms with Crippen LogP contribution in [0.1, 0.15) is 36.2 Å². The zero-order chi connectivity index (χ0) is 14.8. The highest BCUT2D eigenvalue weighted by Crippen LogP contribution is 2.24. The number of aryl methyl sites for hydroxylation is 1. The van der Waals surface area contributed by atoms with Gasteiger partial charge in [0.15, 0.2) is 0 Å². The zero-order valence-electron chi connectivity index (χ0n) is 12.4. The number of carbonyl (C=O) groups excluding carboxylic acids is 1. The molecule has 1 aliphatic rings. The molecule has 0 radical (unpaired) electrons. The van der Waals surface area contributed by atoms with Gasteiger partial charge in [0.1, 0.15) is 5.69 Å². The summed E-state index contributed by atoms with van der Waals surface area (Å²) in [5.74, 6) is 0.414. The molecule has 4 nitrogen and oxygen atoms in total. The molecule has 1 amide bonds. The SMILES string of the molecule is Cn1c(C(=O)NC2CCC(CO)CC2)cc2ccccc21. The van der Waals surface area contributed by atoms with Gasteiger partial charge >= 0.3 is 0 Å². The van der Waals surface area contributed by atoms with Gasteiger partial charge in [-0.1, -0.05) is 18.2 Å². The second-order valence-electron chi connectivity index (χ2n) is 6.02. The van der Waals surface area contributed by atoms with Crippen LogP contribution in [-0.2, 0) is 7.05 Å². The molecule has 0 atom stereocenters. The lowest BCUT2D eigenvalue weighted by molar-refractivity contribution is 0.0906. The Morgan fingerprint density at radius 1 is 1.29 bits per heavy atom. The Kier molecular flexibility index (Phi) is 3.97. The summed E-state index contributed by atoms with van der Waals surface area (Å²) in [6.07, 6.45) is 3.91. The third kappa shape index (κ3) is 2.81. The van der Waals surface area contributed by atoms with E-state index in [2.05, 4.69) is 5.32 Å². The molecule has 1 fully saturated rings. The Morgan fingerprint density at radius 2 is 2.00 bits per heavy atom. The van der Waals surface area contributed by atoms with E-state index < -0.39 is 0 Å². The summed E-state index contributed by atoms with van der Waals surface area (Å²) in [6.45, 7) is 0.268. The van der Waals surface area contributed by atoms with Crippen LogP contribution in [0.4, 0.5) is 0 Å². The van der Waals surface area contributed by atoms with Crippen LogP contribution < -0.4 is 5.32 Å². The summed E-state index contributed by atoms with van der Waals surface area (Å²) in [5.41, 5.74) is 1.78. The number of para-hydroxylation sites is 1. The molecule has 0 spiro atoms. The Bertz CT molecular complexity index is 639. The van der Waals surface area contributed by atoms with E-state index in [1.54, 1.807) is 0 Å². The van der Waals surface area contributed by atoms with Crippen molar-refractivity contribution in [2.75, 3.05) is 6.61 Å². The minimum Gasteiger partial charge on any atom is -0.396 e. The molecular formula is C17H22N2O2. The van der Waals surface area contributed by atoms with Crippen LogP contribution in [0.25, 0.3) is 10.9 Å². The van der Waals surface area contributed by atoms with Gasteiger partial charge < -0.3 is 15.0 Å². The average Bonchev–Trinajstić information content (AvgIpc) is 2.86. The van der Waals surface area contributed by atoms with Crippen molar-refractivity contribution in [2.24, 2.45) is 13.0 Å². The quantitative estimate of drug-likeness (QED) is 0.910. The lowest BCUT2D eigenvalue weighted by Crippen LogP contribution is -2.38. The van der Waals surface area contributed by atoms with Gasteiger partial charge in [0.2, 0.25) is 0 Å². The van der Waals surface area contributed by atoms with E-state index in [4.69, 9.17) is 5.11 Å². The van der Waals surface area contributed by atoms with Crippen molar-refractivity contribution in [3.63, 3.8) is 0 Å². The lowest BCUT2D eigenvalue weighted by atomic mass is 9.86. The molecule has 3 rings (SSSR count).